The van der Waals surface area contributed by atoms with Crippen molar-refractivity contribution in [2.24, 2.45) is 10.9 Å². The van der Waals surface area contributed by atoms with Crippen LogP contribution in [0.25, 0.3) is 0 Å². The van der Waals surface area contributed by atoms with Crippen LogP contribution in [0.4, 0.5) is 0 Å². The zero-order chi connectivity index (χ0) is 19.6. The lowest BCUT2D eigenvalue weighted by Crippen LogP contribution is -2.46. The molecular weight excluding hydrogens is 473 g/mol. The van der Waals surface area contributed by atoms with E-state index in [0.29, 0.717) is 24.7 Å². The Labute approximate surface area is 184 Å². The fourth-order valence-electron chi connectivity index (χ4n) is 3.25. The predicted octanol–water partition coefficient (Wildman–Crippen LogP) is 3.06. The maximum absolute atomic E-state index is 11.9. The number of carbonyl (C=O) groups is 1. The number of hydrogen-bond acceptors (Lipinski definition) is 5. The number of esters is 1. The van der Waals surface area contributed by atoms with Gasteiger partial charge in [-0.15, -0.1) is 24.0 Å². The molecule has 1 N–H and O–H groups in total. The number of piperidine rings is 1. The van der Waals surface area contributed by atoms with Gasteiger partial charge in [-0.3, -0.25) is 4.79 Å². The molecule has 0 spiro atoms. The fourth-order valence-corrected chi connectivity index (χ4v) is 3.25. The summed E-state index contributed by atoms with van der Waals surface area (Å²) in [4.78, 5) is 18.9. The van der Waals surface area contributed by atoms with Crippen molar-refractivity contribution in [3.05, 3.63) is 23.8 Å². The van der Waals surface area contributed by atoms with E-state index in [2.05, 4.69) is 10.2 Å². The third-order valence-electron chi connectivity index (χ3n) is 4.63. The highest BCUT2D eigenvalue weighted by Gasteiger charge is 2.27. The maximum atomic E-state index is 11.9. The summed E-state index contributed by atoms with van der Waals surface area (Å²) in [6.45, 7) is 7.16. The second-order valence-electron chi connectivity index (χ2n) is 6.34. The molecule has 1 aliphatic heterocycles. The van der Waals surface area contributed by atoms with E-state index in [1.165, 1.54) is 0 Å². The third-order valence-corrected chi connectivity index (χ3v) is 4.63. The minimum atomic E-state index is -0.0831. The van der Waals surface area contributed by atoms with Crippen molar-refractivity contribution in [2.75, 3.05) is 40.5 Å². The molecule has 0 unspecified atom stereocenters. The Bertz CT molecular complexity index is 646. The van der Waals surface area contributed by atoms with Crippen LogP contribution in [0.1, 0.15) is 32.3 Å². The SMILES string of the molecule is CCNC(=NCc1cccc(OC)c1OC)N1CCC(C(=O)OCC)CC1.I. The summed E-state index contributed by atoms with van der Waals surface area (Å²) in [5.41, 5.74) is 0.966. The van der Waals surface area contributed by atoms with E-state index < -0.39 is 0 Å². The number of ether oxygens (including phenoxy) is 3. The molecule has 1 saturated heterocycles. The van der Waals surface area contributed by atoms with Gasteiger partial charge in [-0.1, -0.05) is 12.1 Å². The van der Waals surface area contributed by atoms with E-state index in [-0.39, 0.29) is 35.9 Å². The smallest absolute Gasteiger partial charge is 0.309 e. The van der Waals surface area contributed by atoms with Crippen LogP contribution in [0.2, 0.25) is 0 Å². The van der Waals surface area contributed by atoms with Crippen LogP contribution in [0.3, 0.4) is 0 Å². The zero-order valence-electron chi connectivity index (χ0n) is 17.2. The van der Waals surface area contributed by atoms with Gasteiger partial charge in [0.05, 0.1) is 33.3 Å². The molecule has 158 valence electrons. The van der Waals surface area contributed by atoms with Crippen molar-refractivity contribution < 1.29 is 19.0 Å². The molecule has 0 saturated carbocycles. The lowest BCUT2D eigenvalue weighted by molar-refractivity contribution is -0.149. The van der Waals surface area contributed by atoms with Gasteiger partial charge in [0, 0.05) is 25.2 Å². The second kappa shape index (κ2) is 12.7. The fraction of sp³-hybridized carbons (Fsp3) is 0.600. The summed E-state index contributed by atoms with van der Waals surface area (Å²) in [6.07, 6.45) is 1.57. The molecule has 0 bridgehead atoms. The number of halogens is 1. The molecule has 8 heteroatoms. The summed E-state index contributed by atoms with van der Waals surface area (Å²) < 4.78 is 16.0. The number of para-hydroxylation sites is 1. The quantitative estimate of drug-likeness (QED) is 0.266. The van der Waals surface area contributed by atoms with Crippen LogP contribution in [-0.2, 0) is 16.1 Å². The predicted molar refractivity (Wildman–Crippen MR) is 121 cm³/mol. The highest BCUT2D eigenvalue weighted by molar-refractivity contribution is 14.0. The molecule has 0 aliphatic carbocycles. The number of methoxy groups -OCH3 is 2. The van der Waals surface area contributed by atoms with Gasteiger partial charge in [0.1, 0.15) is 0 Å². The van der Waals surface area contributed by atoms with Crippen molar-refractivity contribution in [1.29, 1.82) is 0 Å². The second-order valence-corrected chi connectivity index (χ2v) is 6.34. The van der Waals surface area contributed by atoms with E-state index in [9.17, 15) is 4.79 Å². The standard InChI is InChI=1S/C20H31N3O4.HI/c1-5-21-20(23-12-10-15(11-13-23)19(24)27-6-2)22-14-16-8-7-9-17(25-3)18(16)26-4;/h7-9,15H,5-6,10-14H2,1-4H3,(H,21,22);1H. The number of carbonyl (C=O) groups excluding carboxylic acids is 1. The van der Waals surface area contributed by atoms with Crippen LogP contribution < -0.4 is 14.8 Å². The molecule has 1 aromatic carbocycles. The monoisotopic (exact) mass is 505 g/mol. The van der Waals surface area contributed by atoms with Crippen molar-refractivity contribution in [1.82, 2.24) is 10.2 Å². The third kappa shape index (κ3) is 6.42. The van der Waals surface area contributed by atoms with Crippen molar-refractivity contribution in [2.45, 2.75) is 33.2 Å². The highest BCUT2D eigenvalue weighted by Crippen LogP contribution is 2.31. The van der Waals surface area contributed by atoms with E-state index >= 15 is 0 Å². The Morgan fingerprint density at radius 3 is 2.50 bits per heavy atom. The van der Waals surface area contributed by atoms with Crippen LogP contribution in [0, 0.1) is 5.92 Å². The summed E-state index contributed by atoms with van der Waals surface area (Å²) in [6, 6.07) is 5.79. The summed E-state index contributed by atoms with van der Waals surface area (Å²) in [7, 11) is 3.26. The topological polar surface area (TPSA) is 72.4 Å². The molecular formula is C20H32IN3O4. The average Bonchev–Trinajstić information content (AvgIpc) is 2.71. The average molecular weight is 505 g/mol. The van der Waals surface area contributed by atoms with E-state index in [1.807, 2.05) is 32.0 Å². The van der Waals surface area contributed by atoms with Gasteiger partial charge in [-0.25, -0.2) is 4.99 Å². The number of nitrogens with one attached hydrogen (secondary N) is 1. The molecule has 0 radical (unpaired) electrons. The van der Waals surface area contributed by atoms with E-state index in [4.69, 9.17) is 19.2 Å². The van der Waals surface area contributed by atoms with Crippen LogP contribution >= 0.6 is 24.0 Å². The number of benzene rings is 1. The number of likely N-dealkylation sites (tertiary alicyclic amines) is 1. The first-order valence-electron chi connectivity index (χ1n) is 9.54. The summed E-state index contributed by atoms with van der Waals surface area (Å²) in [5.74, 6) is 2.17. The van der Waals surface area contributed by atoms with Crippen molar-refractivity contribution >= 4 is 35.9 Å². The first-order valence-corrected chi connectivity index (χ1v) is 9.54. The van der Waals surface area contributed by atoms with Gasteiger partial charge in [0.2, 0.25) is 0 Å². The number of rotatable bonds is 7. The van der Waals surface area contributed by atoms with Gasteiger partial charge < -0.3 is 24.4 Å². The van der Waals surface area contributed by atoms with E-state index in [0.717, 1.165) is 44.0 Å². The van der Waals surface area contributed by atoms with Gasteiger partial charge in [-0.2, -0.15) is 0 Å². The minimum Gasteiger partial charge on any atom is -0.493 e. The zero-order valence-corrected chi connectivity index (χ0v) is 19.5. The number of aliphatic imine (C=N–C) groups is 1. The minimum absolute atomic E-state index is 0. The molecule has 0 atom stereocenters. The van der Waals surface area contributed by atoms with Crippen LogP contribution in [-0.4, -0.2) is 57.3 Å². The summed E-state index contributed by atoms with van der Waals surface area (Å²) in [5, 5.41) is 3.35. The molecule has 28 heavy (non-hydrogen) atoms. The van der Waals surface area contributed by atoms with Crippen molar-refractivity contribution in [3.63, 3.8) is 0 Å². The number of guanidine groups is 1. The Balaban J connectivity index is 0.00000392. The number of hydrogen-bond donors (Lipinski definition) is 1. The molecule has 1 aliphatic rings. The first kappa shape index (κ1) is 24.3. The number of nitrogens with zero attached hydrogens (tertiary/aromatic N) is 2. The molecule has 2 rings (SSSR count). The van der Waals surface area contributed by atoms with Gasteiger partial charge in [-0.05, 0) is 32.8 Å². The van der Waals surface area contributed by atoms with Gasteiger partial charge >= 0.3 is 5.97 Å². The Hall–Kier alpha value is -1.71. The molecule has 1 fully saturated rings. The van der Waals surface area contributed by atoms with Gasteiger partial charge in [0.15, 0.2) is 17.5 Å². The molecule has 0 aromatic heterocycles. The molecule has 7 nitrogen and oxygen atoms in total. The molecule has 1 aromatic rings. The highest BCUT2D eigenvalue weighted by atomic mass is 127. The Kier molecular flexibility index (Phi) is 11.0. The largest absolute Gasteiger partial charge is 0.493 e. The molecule has 0 amide bonds. The normalized spacial score (nSPS) is 14.9. The Morgan fingerprint density at radius 2 is 1.93 bits per heavy atom. The maximum Gasteiger partial charge on any atom is 0.309 e. The van der Waals surface area contributed by atoms with Crippen molar-refractivity contribution in [3.8, 4) is 11.5 Å². The first-order chi connectivity index (χ1) is 13.1. The lowest BCUT2D eigenvalue weighted by Gasteiger charge is -2.33. The van der Waals surface area contributed by atoms with Crippen LogP contribution in [0.15, 0.2) is 23.2 Å². The lowest BCUT2D eigenvalue weighted by atomic mass is 9.97. The molecule has 1 heterocycles. The Morgan fingerprint density at radius 1 is 1.21 bits per heavy atom. The summed E-state index contributed by atoms with van der Waals surface area (Å²) >= 11 is 0. The van der Waals surface area contributed by atoms with E-state index in [1.54, 1.807) is 14.2 Å². The van der Waals surface area contributed by atoms with Gasteiger partial charge in [0.25, 0.3) is 0 Å². The van der Waals surface area contributed by atoms with Crippen LogP contribution in [0.5, 0.6) is 11.5 Å².